The zero-order valence-electron chi connectivity index (χ0n) is 15.7. The maximum Gasteiger partial charge on any atom is 0.336 e. The van der Waals surface area contributed by atoms with Crippen molar-refractivity contribution in [3.05, 3.63) is 89.4 Å². The molecule has 0 saturated heterocycles. The molecule has 4 rings (SSSR count). The normalized spacial score (nSPS) is 11.8. The molecule has 0 radical (unpaired) electrons. The van der Waals surface area contributed by atoms with Crippen molar-refractivity contribution < 1.29 is 13.9 Å². The molecule has 1 unspecified atom stereocenters. The molecule has 0 fully saturated rings. The van der Waals surface area contributed by atoms with Crippen molar-refractivity contribution in [1.29, 1.82) is 0 Å². The molecule has 1 amide bonds. The molecule has 0 saturated carbocycles. The van der Waals surface area contributed by atoms with Gasteiger partial charge in [0.25, 0.3) is 5.91 Å². The van der Waals surface area contributed by atoms with E-state index in [0.717, 1.165) is 16.5 Å². The topological polar surface area (TPSA) is 81.4 Å². The van der Waals surface area contributed by atoms with E-state index in [4.69, 9.17) is 9.15 Å². The summed E-state index contributed by atoms with van der Waals surface area (Å²) in [7, 11) is 0. The van der Waals surface area contributed by atoms with E-state index >= 15 is 0 Å². The highest BCUT2D eigenvalue weighted by molar-refractivity contribution is 5.94. The van der Waals surface area contributed by atoms with E-state index in [1.165, 1.54) is 6.07 Å². The summed E-state index contributed by atoms with van der Waals surface area (Å²) < 4.78 is 11.1. The van der Waals surface area contributed by atoms with E-state index in [0.29, 0.717) is 17.2 Å². The summed E-state index contributed by atoms with van der Waals surface area (Å²) in [5.41, 5.74) is 1.65. The number of amides is 1. The van der Waals surface area contributed by atoms with Gasteiger partial charge in [0.15, 0.2) is 6.10 Å². The predicted octanol–water partition coefficient (Wildman–Crippen LogP) is 4.26. The first-order valence-corrected chi connectivity index (χ1v) is 9.12. The van der Waals surface area contributed by atoms with Crippen LogP contribution in [0.5, 0.6) is 5.75 Å². The van der Waals surface area contributed by atoms with Crippen LogP contribution in [0, 0.1) is 0 Å². The molecule has 144 valence electrons. The number of nitrogens with one attached hydrogen (secondary N) is 1. The first-order valence-electron chi connectivity index (χ1n) is 9.12. The van der Waals surface area contributed by atoms with E-state index < -0.39 is 11.7 Å². The number of hydrogen-bond donors (Lipinski definition) is 1. The minimum absolute atomic E-state index is 0.330. The van der Waals surface area contributed by atoms with Gasteiger partial charge in [0, 0.05) is 23.7 Å². The molecule has 0 bridgehead atoms. The van der Waals surface area contributed by atoms with Gasteiger partial charge in [-0.25, -0.2) is 9.78 Å². The molecule has 4 aromatic rings. The lowest BCUT2D eigenvalue weighted by molar-refractivity contribution is -0.122. The number of ether oxygens (including phenoxy) is 1. The van der Waals surface area contributed by atoms with E-state index in [1.807, 2.05) is 36.4 Å². The second-order valence-electron chi connectivity index (χ2n) is 6.47. The second-order valence-corrected chi connectivity index (χ2v) is 6.47. The van der Waals surface area contributed by atoms with Gasteiger partial charge in [-0.05, 0) is 42.3 Å². The van der Waals surface area contributed by atoms with Gasteiger partial charge >= 0.3 is 5.63 Å². The van der Waals surface area contributed by atoms with Crippen molar-refractivity contribution in [2.75, 3.05) is 5.32 Å². The van der Waals surface area contributed by atoms with Crippen LogP contribution in [-0.2, 0) is 4.79 Å². The second kappa shape index (κ2) is 7.98. The van der Waals surface area contributed by atoms with Gasteiger partial charge in [0.2, 0.25) is 0 Å². The van der Waals surface area contributed by atoms with Gasteiger partial charge in [-0.3, -0.25) is 4.79 Å². The number of carbonyl (C=O) groups is 1. The third-order valence-corrected chi connectivity index (χ3v) is 4.40. The number of carbonyl (C=O) groups excluding carboxylic acids is 1. The Hall–Kier alpha value is -3.93. The lowest BCUT2D eigenvalue weighted by atomic mass is 10.0. The Morgan fingerprint density at radius 1 is 1.03 bits per heavy atom. The number of benzene rings is 2. The van der Waals surface area contributed by atoms with Crippen LogP contribution < -0.4 is 15.7 Å². The minimum atomic E-state index is -0.765. The first kappa shape index (κ1) is 18.4. The van der Waals surface area contributed by atoms with Gasteiger partial charge in [0.05, 0.1) is 0 Å². The Morgan fingerprint density at radius 3 is 2.59 bits per heavy atom. The average Bonchev–Trinajstić information content (AvgIpc) is 2.74. The van der Waals surface area contributed by atoms with Crippen LogP contribution in [0.4, 0.5) is 5.82 Å². The molecule has 29 heavy (non-hydrogen) atoms. The molecule has 0 aliphatic carbocycles. The minimum Gasteiger partial charge on any atom is -0.481 e. The fourth-order valence-electron chi connectivity index (χ4n) is 3.00. The quantitative estimate of drug-likeness (QED) is 0.518. The summed E-state index contributed by atoms with van der Waals surface area (Å²) in [6.45, 7) is 1.64. The van der Waals surface area contributed by atoms with Gasteiger partial charge in [0.1, 0.15) is 17.2 Å². The molecule has 2 aromatic heterocycles. The maximum absolute atomic E-state index is 12.3. The zero-order chi connectivity index (χ0) is 20.2. The summed E-state index contributed by atoms with van der Waals surface area (Å²) >= 11 is 0. The van der Waals surface area contributed by atoms with E-state index in [1.54, 1.807) is 43.5 Å². The number of nitrogens with zero attached hydrogens (tertiary/aromatic N) is 1. The van der Waals surface area contributed by atoms with Crippen LogP contribution in [-0.4, -0.2) is 17.0 Å². The molecule has 6 heteroatoms. The van der Waals surface area contributed by atoms with Crippen LogP contribution in [0.3, 0.4) is 0 Å². The third kappa shape index (κ3) is 4.16. The number of aromatic nitrogens is 1. The van der Waals surface area contributed by atoms with Gasteiger partial charge in [-0.1, -0.05) is 36.4 Å². The number of hydrogen-bond acceptors (Lipinski definition) is 5. The van der Waals surface area contributed by atoms with Crippen LogP contribution in [0.25, 0.3) is 22.1 Å². The van der Waals surface area contributed by atoms with Crippen LogP contribution in [0.2, 0.25) is 0 Å². The lowest BCUT2D eigenvalue weighted by Gasteiger charge is -2.15. The zero-order valence-corrected chi connectivity index (χ0v) is 15.7. The molecular weight excluding hydrogens is 368 g/mol. The molecule has 0 aliphatic rings. The number of fused-ring (bicyclic) bond motifs is 1. The number of rotatable bonds is 5. The SMILES string of the molecule is CC(Oc1ccc2c(-c3ccccc3)cc(=O)oc2c1)C(=O)Nc1ccccn1. The smallest absolute Gasteiger partial charge is 0.336 e. The summed E-state index contributed by atoms with van der Waals surface area (Å²) in [5, 5.41) is 3.48. The Labute approximate surface area is 166 Å². The van der Waals surface area contributed by atoms with Crippen LogP contribution >= 0.6 is 0 Å². The molecule has 2 aromatic carbocycles. The van der Waals surface area contributed by atoms with E-state index in [9.17, 15) is 9.59 Å². The third-order valence-electron chi connectivity index (χ3n) is 4.40. The molecule has 1 N–H and O–H groups in total. The summed E-state index contributed by atoms with van der Waals surface area (Å²) in [6.07, 6.45) is 0.829. The van der Waals surface area contributed by atoms with E-state index in [-0.39, 0.29) is 5.91 Å². The van der Waals surface area contributed by atoms with Crippen molar-refractivity contribution in [1.82, 2.24) is 4.98 Å². The fraction of sp³-hybridized carbons (Fsp3) is 0.0870. The summed E-state index contributed by atoms with van der Waals surface area (Å²) in [6, 6.07) is 21.5. The average molecular weight is 386 g/mol. The highest BCUT2D eigenvalue weighted by Gasteiger charge is 2.16. The first-order chi connectivity index (χ1) is 14.1. The molecule has 0 aliphatic heterocycles. The number of pyridine rings is 1. The molecule has 2 heterocycles. The summed E-state index contributed by atoms with van der Waals surface area (Å²) in [4.78, 5) is 28.4. The summed E-state index contributed by atoms with van der Waals surface area (Å²) in [5.74, 6) is 0.544. The Bertz CT molecular complexity index is 1200. The molecule has 0 spiro atoms. The lowest BCUT2D eigenvalue weighted by Crippen LogP contribution is -2.30. The predicted molar refractivity (Wildman–Crippen MR) is 111 cm³/mol. The molecule has 1 atom stereocenters. The van der Waals surface area contributed by atoms with Crippen molar-refractivity contribution in [2.24, 2.45) is 0 Å². The highest BCUT2D eigenvalue weighted by Crippen LogP contribution is 2.29. The molecular formula is C23H18N2O4. The van der Waals surface area contributed by atoms with Gasteiger partial charge < -0.3 is 14.5 Å². The maximum atomic E-state index is 12.3. The molecule has 6 nitrogen and oxygen atoms in total. The fourth-order valence-corrected chi connectivity index (χ4v) is 3.00. The standard InChI is InChI=1S/C23H18N2O4/c1-15(23(27)25-21-9-5-6-12-24-21)28-17-10-11-18-19(16-7-3-2-4-8-16)14-22(26)29-20(18)13-17/h2-15H,1H3,(H,24,25,27). The van der Waals surface area contributed by atoms with Crippen molar-refractivity contribution in [3.63, 3.8) is 0 Å². The van der Waals surface area contributed by atoms with Gasteiger partial charge in [-0.15, -0.1) is 0 Å². The monoisotopic (exact) mass is 386 g/mol. The van der Waals surface area contributed by atoms with Crippen molar-refractivity contribution >= 4 is 22.7 Å². The van der Waals surface area contributed by atoms with E-state index in [2.05, 4.69) is 10.3 Å². The number of anilines is 1. The Balaban J connectivity index is 1.59. The van der Waals surface area contributed by atoms with Gasteiger partial charge in [-0.2, -0.15) is 0 Å². The van der Waals surface area contributed by atoms with Crippen LogP contribution in [0.1, 0.15) is 6.92 Å². The van der Waals surface area contributed by atoms with Crippen molar-refractivity contribution in [3.8, 4) is 16.9 Å². The highest BCUT2D eigenvalue weighted by atomic mass is 16.5. The Morgan fingerprint density at radius 2 is 1.83 bits per heavy atom. The van der Waals surface area contributed by atoms with Crippen molar-refractivity contribution in [2.45, 2.75) is 13.0 Å². The van der Waals surface area contributed by atoms with Crippen LogP contribution in [0.15, 0.2) is 88.2 Å². The largest absolute Gasteiger partial charge is 0.481 e. The Kier molecular flexibility index (Phi) is 5.07.